The number of likely N-dealkylation sites (N-methyl/N-ethyl adjacent to an activating group) is 1. The number of methoxy groups -OCH3 is 1. The van der Waals surface area contributed by atoms with Crippen molar-refractivity contribution in [2.45, 2.75) is 13.0 Å². The number of carbonyl (C=O) groups is 1. The van der Waals surface area contributed by atoms with Gasteiger partial charge in [-0.3, -0.25) is 4.79 Å². The molecule has 3 heterocycles. The zero-order valence-electron chi connectivity index (χ0n) is 19.4. The molecule has 2 N–H and O–H groups in total. The first kappa shape index (κ1) is 21.8. The van der Waals surface area contributed by atoms with Crippen LogP contribution in [0.25, 0.3) is 22.0 Å². The second kappa shape index (κ2) is 9.07. The molecule has 8 heteroatoms. The van der Waals surface area contributed by atoms with Crippen LogP contribution in [0, 0.1) is 0 Å². The molecule has 5 rings (SSSR count). The van der Waals surface area contributed by atoms with E-state index in [1.807, 2.05) is 36.4 Å². The Bertz CT molecular complexity index is 1390. The van der Waals surface area contributed by atoms with Crippen molar-refractivity contribution in [1.29, 1.82) is 0 Å². The lowest BCUT2D eigenvalue weighted by atomic mass is 10.0. The summed E-state index contributed by atoms with van der Waals surface area (Å²) in [5, 5.41) is 6.89. The average Bonchev–Trinajstić information content (AvgIpc) is 2.87. The van der Waals surface area contributed by atoms with Gasteiger partial charge < -0.3 is 20.3 Å². The number of aromatic nitrogens is 3. The number of ether oxygens (including phenoxy) is 1. The molecule has 0 fully saturated rings. The van der Waals surface area contributed by atoms with Crippen molar-refractivity contribution < 1.29 is 9.53 Å². The van der Waals surface area contributed by atoms with Crippen molar-refractivity contribution in [2.75, 3.05) is 33.1 Å². The van der Waals surface area contributed by atoms with Gasteiger partial charge in [0.15, 0.2) is 0 Å². The molecular weight excluding hydrogens is 428 g/mol. The largest absolute Gasteiger partial charge is 0.480 e. The van der Waals surface area contributed by atoms with E-state index in [9.17, 15) is 4.79 Å². The highest BCUT2D eigenvalue weighted by Crippen LogP contribution is 2.32. The Morgan fingerprint density at radius 3 is 2.79 bits per heavy atom. The molecule has 1 aliphatic heterocycles. The standard InChI is InChI=1S/C26H26N6O2/c1-27-24(33)17-7-4-6-16(12-17)20-9-5-8-18-14-28-26(31-23(18)20)30-22-13-19-15-32(2)11-10-21(19)29-25(22)34-3/h4-9,12-14H,10-11,15H2,1-3H3,(H,27,33)(H,28,30,31). The van der Waals surface area contributed by atoms with Crippen molar-refractivity contribution in [3.05, 3.63) is 71.5 Å². The quantitative estimate of drug-likeness (QED) is 0.474. The van der Waals surface area contributed by atoms with E-state index in [1.165, 1.54) is 5.56 Å². The molecule has 0 saturated heterocycles. The molecule has 8 nitrogen and oxygen atoms in total. The minimum Gasteiger partial charge on any atom is -0.480 e. The van der Waals surface area contributed by atoms with Gasteiger partial charge in [0.25, 0.3) is 5.91 Å². The van der Waals surface area contributed by atoms with Gasteiger partial charge in [-0.05, 0) is 36.4 Å². The number of rotatable bonds is 5. The van der Waals surface area contributed by atoms with Gasteiger partial charge in [-0.25, -0.2) is 15.0 Å². The Morgan fingerprint density at radius 2 is 1.97 bits per heavy atom. The number of amides is 1. The van der Waals surface area contributed by atoms with Crippen molar-refractivity contribution in [2.24, 2.45) is 0 Å². The normalized spacial score (nSPS) is 13.4. The van der Waals surface area contributed by atoms with Gasteiger partial charge in [-0.15, -0.1) is 0 Å². The highest BCUT2D eigenvalue weighted by Gasteiger charge is 2.19. The van der Waals surface area contributed by atoms with Gasteiger partial charge >= 0.3 is 0 Å². The summed E-state index contributed by atoms with van der Waals surface area (Å²) < 4.78 is 5.56. The SMILES string of the molecule is CNC(=O)c1cccc(-c2cccc3cnc(Nc4cc5c(nc4OC)CCN(C)C5)nc23)c1. The van der Waals surface area contributed by atoms with E-state index in [-0.39, 0.29) is 5.91 Å². The summed E-state index contributed by atoms with van der Waals surface area (Å²) in [4.78, 5) is 28.5. The first-order chi connectivity index (χ1) is 16.6. The minimum absolute atomic E-state index is 0.128. The van der Waals surface area contributed by atoms with E-state index in [0.717, 1.165) is 52.9 Å². The van der Waals surface area contributed by atoms with E-state index in [4.69, 9.17) is 14.7 Å². The number of fused-ring (bicyclic) bond motifs is 2. The summed E-state index contributed by atoms with van der Waals surface area (Å²) in [5.74, 6) is 0.849. The number of benzene rings is 2. The number of para-hydroxylation sites is 1. The van der Waals surface area contributed by atoms with E-state index < -0.39 is 0 Å². The van der Waals surface area contributed by atoms with Gasteiger partial charge in [-0.2, -0.15) is 0 Å². The van der Waals surface area contributed by atoms with Gasteiger partial charge in [0.2, 0.25) is 11.8 Å². The van der Waals surface area contributed by atoms with Crippen LogP contribution in [0.2, 0.25) is 0 Å². The molecule has 1 aliphatic rings. The maximum absolute atomic E-state index is 12.1. The zero-order chi connectivity index (χ0) is 23.7. The lowest BCUT2D eigenvalue weighted by molar-refractivity contribution is 0.0963. The Labute approximate surface area is 198 Å². The first-order valence-electron chi connectivity index (χ1n) is 11.2. The molecule has 0 bridgehead atoms. The second-order valence-electron chi connectivity index (χ2n) is 8.36. The maximum Gasteiger partial charge on any atom is 0.251 e. The van der Waals surface area contributed by atoms with E-state index in [1.54, 1.807) is 26.4 Å². The third kappa shape index (κ3) is 4.15. The van der Waals surface area contributed by atoms with Crippen molar-refractivity contribution >= 4 is 28.4 Å². The summed E-state index contributed by atoms with van der Waals surface area (Å²) >= 11 is 0. The average molecular weight is 455 g/mol. The molecule has 172 valence electrons. The number of carbonyl (C=O) groups excluding carboxylic acids is 1. The van der Waals surface area contributed by atoms with Crippen LogP contribution in [-0.4, -0.2) is 53.5 Å². The fourth-order valence-corrected chi connectivity index (χ4v) is 4.28. The predicted octanol–water partition coefficient (Wildman–Crippen LogP) is 3.79. The summed E-state index contributed by atoms with van der Waals surface area (Å²) in [6.45, 7) is 1.82. The smallest absolute Gasteiger partial charge is 0.251 e. The van der Waals surface area contributed by atoms with Crippen LogP contribution < -0.4 is 15.4 Å². The Kier molecular flexibility index (Phi) is 5.81. The second-order valence-corrected chi connectivity index (χ2v) is 8.36. The number of pyridine rings is 1. The molecule has 34 heavy (non-hydrogen) atoms. The summed E-state index contributed by atoms with van der Waals surface area (Å²) in [7, 11) is 5.35. The Morgan fingerprint density at radius 1 is 1.12 bits per heavy atom. The fourth-order valence-electron chi connectivity index (χ4n) is 4.28. The molecule has 0 unspecified atom stereocenters. The summed E-state index contributed by atoms with van der Waals surface area (Å²) in [5.41, 5.74) is 6.19. The first-order valence-corrected chi connectivity index (χ1v) is 11.2. The van der Waals surface area contributed by atoms with Crippen LogP contribution in [-0.2, 0) is 13.0 Å². The third-order valence-electron chi connectivity index (χ3n) is 6.04. The van der Waals surface area contributed by atoms with Crippen molar-refractivity contribution in [3.8, 4) is 17.0 Å². The van der Waals surface area contributed by atoms with Gasteiger partial charge in [0, 0.05) is 49.3 Å². The van der Waals surface area contributed by atoms with Crippen LogP contribution in [0.1, 0.15) is 21.6 Å². The highest BCUT2D eigenvalue weighted by atomic mass is 16.5. The molecule has 0 aliphatic carbocycles. The molecule has 0 spiro atoms. The summed E-state index contributed by atoms with van der Waals surface area (Å²) in [6, 6.07) is 15.5. The lowest BCUT2D eigenvalue weighted by Gasteiger charge is -2.25. The van der Waals surface area contributed by atoms with Crippen molar-refractivity contribution in [3.63, 3.8) is 0 Å². The molecule has 4 aromatic rings. The fraction of sp³-hybridized carbons (Fsp3) is 0.231. The molecule has 2 aromatic heterocycles. The van der Waals surface area contributed by atoms with Gasteiger partial charge in [0.05, 0.1) is 18.3 Å². The van der Waals surface area contributed by atoms with Gasteiger partial charge in [-0.1, -0.05) is 30.3 Å². The number of hydrogen-bond donors (Lipinski definition) is 2. The lowest BCUT2D eigenvalue weighted by Crippen LogP contribution is -2.27. The number of hydrogen-bond acceptors (Lipinski definition) is 7. The minimum atomic E-state index is -0.128. The predicted molar refractivity (Wildman–Crippen MR) is 132 cm³/mol. The van der Waals surface area contributed by atoms with Crippen LogP contribution in [0.5, 0.6) is 5.88 Å². The topological polar surface area (TPSA) is 92.3 Å². The van der Waals surface area contributed by atoms with E-state index in [0.29, 0.717) is 17.4 Å². The number of nitrogens with one attached hydrogen (secondary N) is 2. The van der Waals surface area contributed by atoms with Crippen LogP contribution in [0.4, 0.5) is 11.6 Å². The zero-order valence-corrected chi connectivity index (χ0v) is 19.4. The third-order valence-corrected chi connectivity index (χ3v) is 6.04. The van der Waals surface area contributed by atoms with Crippen molar-refractivity contribution in [1.82, 2.24) is 25.2 Å². The molecule has 0 saturated carbocycles. The maximum atomic E-state index is 12.1. The molecular formula is C26H26N6O2. The van der Waals surface area contributed by atoms with E-state index in [2.05, 4.69) is 33.6 Å². The van der Waals surface area contributed by atoms with Crippen LogP contribution >= 0.6 is 0 Å². The Hall–Kier alpha value is -4.04. The molecule has 1 amide bonds. The Balaban J connectivity index is 1.55. The van der Waals surface area contributed by atoms with E-state index >= 15 is 0 Å². The summed E-state index contributed by atoms with van der Waals surface area (Å²) in [6.07, 6.45) is 2.69. The van der Waals surface area contributed by atoms with Crippen LogP contribution in [0.3, 0.4) is 0 Å². The molecule has 2 aromatic carbocycles. The molecule has 0 atom stereocenters. The number of nitrogens with zero attached hydrogens (tertiary/aromatic N) is 4. The van der Waals surface area contributed by atoms with Gasteiger partial charge in [0.1, 0.15) is 5.69 Å². The van der Waals surface area contributed by atoms with Crippen LogP contribution in [0.15, 0.2) is 54.7 Å². The highest BCUT2D eigenvalue weighted by molar-refractivity contribution is 5.98. The molecule has 0 radical (unpaired) electrons. The number of anilines is 2. The monoisotopic (exact) mass is 454 g/mol.